The van der Waals surface area contributed by atoms with Gasteiger partial charge in [0.2, 0.25) is 5.91 Å². The van der Waals surface area contributed by atoms with Crippen molar-refractivity contribution in [1.82, 2.24) is 10.6 Å². The van der Waals surface area contributed by atoms with Crippen LogP contribution in [0, 0.1) is 5.92 Å². The lowest BCUT2D eigenvalue weighted by Gasteiger charge is -2.29. The number of carbonyl (C=O) groups is 1. The summed E-state index contributed by atoms with van der Waals surface area (Å²) in [5.74, 6) is 0.853. The Balaban J connectivity index is 0.00000144. The molecule has 1 aromatic rings. The van der Waals surface area contributed by atoms with Crippen LogP contribution in [0.15, 0.2) is 24.3 Å². The van der Waals surface area contributed by atoms with E-state index in [2.05, 4.69) is 34.9 Å². The topological polar surface area (TPSA) is 41.1 Å². The first-order chi connectivity index (χ1) is 10.3. The van der Waals surface area contributed by atoms with Gasteiger partial charge in [0.05, 0.1) is 0 Å². The Bertz CT molecular complexity index is 511. The van der Waals surface area contributed by atoms with Gasteiger partial charge in [0.25, 0.3) is 0 Å². The van der Waals surface area contributed by atoms with Crippen molar-refractivity contribution in [1.29, 1.82) is 0 Å². The van der Waals surface area contributed by atoms with Gasteiger partial charge in [0.15, 0.2) is 0 Å². The number of benzene rings is 1. The molecular weight excluding hydrogens is 296 g/mol. The predicted octanol–water partition coefficient (Wildman–Crippen LogP) is 2.61. The molecule has 3 nitrogen and oxygen atoms in total. The molecule has 2 saturated heterocycles. The van der Waals surface area contributed by atoms with E-state index in [0.717, 1.165) is 19.3 Å². The van der Waals surface area contributed by atoms with Crippen LogP contribution < -0.4 is 10.6 Å². The molecule has 2 aliphatic heterocycles. The summed E-state index contributed by atoms with van der Waals surface area (Å²) in [7, 11) is 0. The molecule has 2 N–H and O–H groups in total. The second-order valence-electron chi connectivity index (χ2n) is 7.12. The highest BCUT2D eigenvalue weighted by atomic mass is 35.5. The zero-order valence-corrected chi connectivity index (χ0v) is 13.7. The van der Waals surface area contributed by atoms with Crippen molar-refractivity contribution in [2.45, 2.75) is 63.1 Å². The fourth-order valence-corrected chi connectivity index (χ4v) is 4.55. The van der Waals surface area contributed by atoms with Crippen LogP contribution in [0.5, 0.6) is 0 Å². The summed E-state index contributed by atoms with van der Waals surface area (Å²) in [6.07, 6.45) is 7.71. The minimum Gasteiger partial charge on any atom is -0.353 e. The standard InChI is InChI=1S/C18H24N2O.ClH/c21-18(9-12-7-15-5-6-16(8-12)19-15)20-17-10-13-3-1-2-4-14(13)11-17;/h1-4,12,15-17,19H,5-11H2,(H,20,21);1H. The molecule has 0 aromatic heterocycles. The molecular formula is C18H25ClN2O. The minimum absolute atomic E-state index is 0. The largest absolute Gasteiger partial charge is 0.353 e. The molecule has 120 valence electrons. The van der Waals surface area contributed by atoms with Gasteiger partial charge in [0, 0.05) is 24.5 Å². The van der Waals surface area contributed by atoms with Crippen molar-refractivity contribution >= 4 is 18.3 Å². The number of hydrogen-bond donors (Lipinski definition) is 2. The van der Waals surface area contributed by atoms with Gasteiger partial charge in [-0.05, 0) is 55.6 Å². The second-order valence-corrected chi connectivity index (χ2v) is 7.12. The average Bonchev–Trinajstić information content (AvgIpc) is 3.01. The van der Waals surface area contributed by atoms with E-state index in [-0.39, 0.29) is 18.3 Å². The highest BCUT2D eigenvalue weighted by molar-refractivity contribution is 5.85. The molecule has 4 heteroatoms. The number of nitrogens with one attached hydrogen (secondary N) is 2. The summed E-state index contributed by atoms with van der Waals surface area (Å²) in [5.41, 5.74) is 2.81. The van der Waals surface area contributed by atoms with E-state index in [0.29, 0.717) is 24.0 Å². The van der Waals surface area contributed by atoms with Crippen molar-refractivity contribution in [2.24, 2.45) is 5.92 Å². The quantitative estimate of drug-likeness (QED) is 0.899. The normalized spacial score (nSPS) is 29.7. The molecule has 2 fully saturated rings. The maximum atomic E-state index is 12.3. The summed E-state index contributed by atoms with van der Waals surface area (Å²) in [4.78, 5) is 12.3. The third-order valence-corrected chi connectivity index (χ3v) is 5.46. The molecule has 3 aliphatic rings. The molecule has 1 amide bonds. The Morgan fingerprint density at radius 3 is 2.27 bits per heavy atom. The van der Waals surface area contributed by atoms with Crippen molar-refractivity contribution < 1.29 is 4.79 Å². The number of amides is 1. The summed E-state index contributed by atoms with van der Waals surface area (Å²) < 4.78 is 0. The summed E-state index contributed by atoms with van der Waals surface area (Å²) >= 11 is 0. The van der Waals surface area contributed by atoms with E-state index in [1.54, 1.807) is 0 Å². The van der Waals surface area contributed by atoms with E-state index in [1.807, 2.05) is 0 Å². The van der Waals surface area contributed by atoms with E-state index in [1.165, 1.54) is 36.8 Å². The van der Waals surface area contributed by atoms with Crippen molar-refractivity contribution in [3.05, 3.63) is 35.4 Å². The minimum atomic E-state index is 0. The van der Waals surface area contributed by atoms with E-state index >= 15 is 0 Å². The molecule has 0 radical (unpaired) electrons. The average molecular weight is 321 g/mol. The molecule has 2 bridgehead atoms. The van der Waals surface area contributed by atoms with Crippen LogP contribution in [0.1, 0.15) is 43.2 Å². The Kier molecular flexibility index (Phi) is 4.74. The number of rotatable bonds is 3. The van der Waals surface area contributed by atoms with Gasteiger partial charge in [0.1, 0.15) is 0 Å². The van der Waals surface area contributed by atoms with Gasteiger partial charge >= 0.3 is 0 Å². The lowest BCUT2D eigenvalue weighted by atomic mass is 9.89. The monoisotopic (exact) mass is 320 g/mol. The van der Waals surface area contributed by atoms with Crippen LogP contribution in [0.4, 0.5) is 0 Å². The third kappa shape index (κ3) is 3.31. The maximum Gasteiger partial charge on any atom is 0.220 e. The Morgan fingerprint density at radius 1 is 1.09 bits per heavy atom. The Morgan fingerprint density at radius 2 is 1.68 bits per heavy atom. The highest BCUT2D eigenvalue weighted by Gasteiger charge is 2.34. The van der Waals surface area contributed by atoms with Gasteiger partial charge in [-0.3, -0.25) is 4.79 Å². The SMILES string of the molecule is Cl.O=C(CC1CC2CCC(C1)N2)NC1Cc2ccccc2C1. The van der Waals surface area contributed by atoms with Gasteiger partial charge in [-0.1, -0.05) is 24.3 Å². The van der Waals surface area contributed by atoms with Gasteiger partial charge in [-0.25, -0.2) is 0 Å². The van der Waals surface area contributed by atoms with Gasteiger partial charge in [-0.2, -0.15) is 0 Å². The molecule has 0 spiro atoms. The molecule has 2 atom stereocenters. The fourth-order valence-electron chi connectivity index (χ4n) is 4.55. The number of carbonyl (C=O) groups excluding carboxylic acids is 1. The van der Waals surface area contributed by atoms with Gasteiger partial charge in [-0.15, -0.1) is 12.4 Å². The zero-order chi connectivity index (χ0) is 14.2. The number of hydrogen-bond acceptors (Lipinski definition) is 2. The van der Waals surface area contributed by atoms with Crippen molar-refractivity contribution in [3.8, 4) is 0 Å². The smallest absolute Gasteiger partial charge is 0.220 e. The lowest BCUT2D eigenvalue weighted by Crippen LogP contribution is -2.41. The first kappa shape index (κ1) is 15.8. The molecule has 22 heavy (non-hydrogen) atoms. The summed E-state index contributed by atoms with van der Waals surface area (Å²) in [6.45, 7) is 0. The third-order valence-electron chi connectivity index (χ3n) is 5.46. The highest BCUT2D eigenvalue weighted by Crippen LogP contribution is 2.32. The van der Waals surface area contributed by atoms with Crippen LogP contribution in [-0.2, 0) is 17.6 Å². The lowest BCUT2D eigenvalue weighted by molar-refractivity contribution is -0.122. The molecule has 2 heterocycles. The Hall–Kier alpha value is -1.06. The summed E-state index contributed by atoms with van der Waals surface area (Å²) in [5, 5.41) is 6.91. The van der Waals surface area contributed by atoms with Crippen LogP contribution in [-0.4, -0.2) is 24.0 Å². The van der Waals surface area contributed by atoms with Crippen LogP contribution in [0.2, 0.25) is 0 Å². The van der Waals surface area contributed by atoms with Crippen LogP contribution in [0.25, 0.3) is 0 Å². The predicted molar refractivity (Wildman–Crippen MR) is 90.3 cm³/mol. The summed E-state index contributed by atoms with van der Waals surface area (Å²) in [6, 6.07) is 10.2. The van der Waals surface area contributed by atoms with Crippen molar-refractivity contribution in [3.63, 3.8) is 0 Å². The van der Waals surface area contributed by atoms with Gasteiger partial charge < -0.3 is 10.6 Å². The van der Waals surface area contributed by atoms with Crippen LogP contribution in [0.3, 0.4) is 0 Å². The van der Waals surface area contributed by atoms with E-state index in [4.69, 9.17) is 0 Å². The van der Waals surface area contributed by atoms with Crippen molar-refractivity contribution in [2.75, 3.05) is 0 Å². The second kappa shape index (κ2) is 6.59. The molecule has 1 aliphatic carbocycles. The zero-order valence-electron chi connectivity index (χ0n) is 12.9. The fraction of sp³-hybridized carbons (Fsp3) is 0.611. The Labute approximate surface area is 138 Å². The molecule has 2 unspecified atom stereocenters. The number of fused-ring (bicyclic) bond motifs is 3. The van der Waals surface area contributed by atoms with E-state index in [9.17, 15) is 4.79 Å². The van der Waals surface area contributed by atoms with Crippen LogP contribution >= 0.6 is 12.4 Å². The molecule has 1 aromatic carbocycles. The number of halogens is 1. The molecule has 0 saturated carbocycles. The first-order valence-electron chi connectivity index (χ1n) is 8.38. The number of piperidine rings is 1. The van der Waals surface area contributed by atoms with E-state index < -0.39 is 0 Å². The first-order valence-corrected chi connectivity index (χ1v) is 8.38. The maximum absolute atomic E-state index is 12.3. The molecule has 4 rings (SSSR count).